The molecule has 3 unspecified atom stereocenters. The second-order valence-electron chi connectivity index (χ2n) is 5.53. The minimum absolute atomic E-state index is 0.0211. The van der Waals surface area contributed by atoms with Crippen LogP contribution in [0.2, 0.25) is 0 Å². The molecule has 0 radical (unpaired) electrons. The van der Waals surface area contributed by atoms with Gasteiger partial charge in [0.2, 0.25) is 5.91 Å². The van der Waals surface area contributed by atoms with Crippen molar-refractivity contribution in [3.63, 3.8) is 0 Å². The average molecular weight is 278 g/mol. The Labute approximate surface area is 119 Å². The monoisotopic (exact) mass is 278 g/mol. The number of amides is 1. The third-order valence-electron chi connectivity index (χ3n) is 4.37. The van der Waals surface area contributed by atoms with Crippen molar-refractivity contribution in [3.05, 3.63) is 25.3 Å². The molecule has 0 aromatic heterocycles. The van der Waals surface area contributed by atoms with Gasteiger partial charge in [0, 0.05) is 25.2 Å². The van der Waals surface area contributed by atoms with Crippen LogP contribution in [0, 0.1) is 5.92 Å². The van der Waals surface area contributed by atoms with Gasteiger partial charge in [0.15, 0.2) is 0 Å². The van der Waals surface area contributed by atoms with E-state index in [4.69, 9.17) is 0 Å². The summed E-state index contributed by atoms with van der Waals surface area (Å²) in [5.41, 5.74) is 0. The Morgan fingerprint density at radius 1 is 1.25 bits per heavy atom. The molecule has 0 saturated carbocycles. The quantitative estimate of drug-likeness (QED) is 0.709. The van der Waals surface area contributed by atoms with E-state index in [2.05, 4.69) is 18.1 Å². The van der Waals surface area contributed by atoms with Crippen LogP contribution in [0.25, 0.3) is 0 Å². The molecule has 2 bridgehead atoms. The van der Waals surface area contributed by atoms with Crippen molar-refractivity contribution >= 4 is 11.9 Å². The first-order valence-electron chi connectivity index (χ1n) is 7.06. The van der Waals surface area contributed by atoms with E-state index in [9.17, 15) is 14.7 Å². The van der Waals surface area contributed by atoms with Crippen LogP contribution in [0.4, 0.5) is 0 Å². The Morgan fingerprint density at radius 3 is 2.40 bits per heavy atom. The Kier molecular flexibility index (Phi) is 4.60. The molecule has 5 heteroatoms. The topological polar surface area (TPSA) is 60.9 Å². The van der Waals surface area contributed by atoms with Gasteiger partial charge in [-0.2, -0.15) is 0 Å². The Bertz CT molecular complexity index is 411. The number of carboxylic acid groups (broad SMARTS) is 1. The number of fused-ring (bicyclic) bond motifs is 2. The number of carbonyl (C=O) groups excluding carboxylic acids is 1. The molecule has 3 atom stereocenters. The molecule has 0 aliphatic carbocycles. The standard InChI is InChI=1S/C15H22N2O3/c1-3-7-16(8-4-2)14(18)10-17-11-5-6-13(17)12(9-11)15(19)20/h3-4,11-13H,1-2,5-10H2,(H,19,20). The van der Waals surface area contributed by atoms with E-state index >= 15 is 0 Å². The van der Waals surface area contributed by atoms with Gasteiger partial charge in [-0.1, -0.05) is 12.2 Å². The second kappa shape index (κ2) is 6.22. The van der Waals surface area contributed by atoms with Gasteiger partial charge < -0.3 is 10.0 Å². The number of carbonyl (C=O) groups is 2. The van der Waals surface area contributed by atoms with Gasteiger partial charge in [-0.15, -0.1) is 13.2 Å². The summed E-state index contributed by atoms with van der Waals surface area (Å²) in [5.74, 6) is -1.02. The first-order valence-corrected chi connectivity index (χ1v) is 7.06. The van der Waals surface area contributed by atoms with E-state index in [-0.39, 0.29) is 23.9 Å². The normalized spacial score (nSPS) is 28.3. The van der Waals surface area contributed by atoms with Gasteiger partial charge in [0.05, 0.1) is 12.5 Å². The van der Waals surface area contributed by atoms with E-state index in [0.29, 0.717) is 26.1 Å². The lowest BCUT2D eigenvalue weighted by molar-refractivity contribution is -0.143. The Hall–Kier alpha value is -1.62. The SMILES string of the molecule is C=CCN(CC=C)C(=O)CN1C2CCC1C(C(=O)O)C2. The highest BCUT2D eigenvalue weighted by Gasteiger charge is 2.49. The zero-order valence-electron chi connectivity index (χ0n) is 11.7. The van der Waals surface area contributed by atoms with Gasteiger partial charge in [-0.3, -0.25) is 14.5 Å². The summed E-state index contributed by atoms with van der Waals surface area (Å²) in [6.07, 6.45) is 5.96. The van der Waals surface area contributed by atoms with Crippen molar-refractivity contribution in [2.45, 2.75) is 31.3 Å². The van der Waals surface area contributed by atoms with Gasteiger partial charge in [-0.05, 0) is 19.3 Å². The summed E-state index contributed by atoms with van der Waals surface area (Å²) in [6, 6.07) is 0.273. The van der Waals surface area contributed by atoms with E-state index < -0.39 is 5.97 Å². The fourth-order valence-corrected chi connectivity index (χ4v) is 3.46. The van der Waals surface area contributed by atoms with E-state index in [0.717, 1.165) is 12.8 Å². The van der Waals surface area contributed by atoms with Crippen molar-refractivity contribution < 1.29 is 14.7 Å². The first kappa shape index (κ1) is 14.8. The molecular formula is C15H22N2O3. The van der Waals surface area contributed by atoms with Gasteiger partial charge in [-0.25, -0.2) is 0 Å². The van der Waals surface area contributed by atoms with Crippen LogP contribution in [0.3, 0.4) is 0 Å². The van der Waals surface area contributed by atoms with Crippen LogP contribution in [0.5, 0.6) is 0 Å². The largest absolute Gasteiger partial charge is 0.481 e. The lowest BCUT2D eigenvalue weighted by atomic mass is 9.89. The lowest BCUT2D eigenvalue weighted by Crippen LogP contribution is -2.43. The van der Waals surface area contributed by atoms with Crippen molar-refractivity contribution in [1.29, 1.82) is 0 Å². The van der Waals surface area contributed by atoms with Crippen molar-refractivity contribution in [3.8, 4) is 0 Å². The highest BCUT2D eigenvalue weighted by atomic mass is 16.4. The fourth-order valence-electron chi connectivity index (χ4n) is 3.46. The predicted octanol–water partition coefficient (Wildman–Crippen LogP) is 1.12. The molecule has 2 fully saturated rings. The maximum Gasteiger partial charge on any atom is 0.308 e. The fraction of sp³-hybridized carbons (Fsp3) is 0.600. The molecular weight excluding hydrogens is 256 g/mol. The summed E-state index contributed by atoms with van der Waals surface area (Å²) >= 11 is 0. The zero-order chi connectivity index (χ0) is 14.7. The molecule has 0 aromatic rings. The predicted molar refractivity (Wildman–Crippen MR) is 76.2 cm³/mol. The summed E-state index contributed by atoms with van der Waals surface area (Å²) in [4.78, 5) is 27.3. The minimum Gasteiger partial charge on any atom is -0.481 e. The van der Waals surface area contributed by atoms with Gasteiger partial charge >= 0.3 is 5.97 Å². The van der Waals surface area contributed by atoms with Crippen molar-refractivity contribution in [2.24, 2.45) is 5.92 Å². The average Bonchev–Trinajstić information content (AvgIpc) is 2.95. The highest BCUT2D eigenvalue weighted by molar-refractivity contribution is 5.79. The zero-order valence-corrected chi connectivity index (χ0v) is 11.7. The van der Waals surface area contributed by atoms with Crippen LogP contribution in [0.15, 0.2) is 25.3 Å². The molecule has 1 N–H and O–H groups in total. The molecule has 2 saturated heterocycles. The van der Waals surface area contributed by atoms with Crippen LogP contribution < -0.4 is 0 Å². The highest BCUT2D eigenvalue weighted by Crippen LogP contribution is 2.41. The number of aliphatic carboxylic acids is 1. The Morgan fingerprint density at radius 2 is 1.90 bits per heavy atom. The third kappa shape index (κ3) is 2.77. The summed E-state index contributed by atoms with van der Waals surface area (Å²) in [7, 11) is 0. The van der Waals surface area contributed by atoms with Crippen LogP contribution in [-0.4, -0.2) is 58.5 Å². The third-order valence-corrected chi connectivity index (χ3v) is 4.37. The van der Waals surface area contributed by atoms with Crippen LogP contribution in [-0.2, 0) is 9.59 Å². The molecule has 110 valence electrons. The molecule has 2 rings (SSSR count). The number of nitrogens with zero attached hydrogens (tertiary/aromatic N) is 2. The molecule has 0 spiro atoms. The maximum atomic E-state index is 12.3. The number of carboxylic acids is 1. The number of hydrogen-bond acceptors (Lipinski definition) is 3. The summed E-state index contributed by atoms with van der Waals surface area (Å²) in [5, 5.41) is 9.22. The van der Waals surface area contributed by atoms with Crippen molar-refractivity contribution in [2.75, 3.05) is 19.6 Å². The van der Waals surface area contributed by atoms with E-state index in [1.165, 1.54) is 0 Å². The van der Waals surface area contributed by atoms with E-state index in [1.54, 1.807) is 17.1 Å². The smallest absolute Gasteiger partial charge is 0.308 e. The van der Waals surface area contributed by atoms with Crippen LogP contribution >= 0.6 is 0 Å². The molecule has 0 aromatic carbocycles. The summed E-state index contributed by atoms with van der Waals surface area (Å²) < 4.78 is 0. The van der Waals surface area contributed by atoms with Crippen molar-refractivity contribution in [1.82, 2.24) is 9.80 Å². The lowest BCUT2D eigenvalue weighted by Gasteiger charge is -2.26. The molecule has 2 aliphatic heterocycles. The Balaban J connectivity index is 1.99. The first-order chi connectivity index (χ1) is 9.58. The van der Waals surface area contributed by atoms with E-state index in [1.807, 2.05) is 0 Å². The number of rotatable bonds is 7. The number of hydrogen-bond donors (Lipinski definition) is 1. The molecule has 2 aliphatic rings. The minimum atomic E-state index is -0.733. The molecule has 2 heterocycles. The van der Waals surface area contributed by atoms with Crippen LogP contribution in [0.1, 0.15) is 19.3 Å². The summed E-state index contributed by atoms with van der Waals surface area (Å²) in [6.45, 7) is 8.61. The van der Waals surface area contributed by atoms with Gasteiger partial charge in [0.25, 0.3) is 0 Å². The second-order valence-corrected chi connectivity index (χ2v) is 5.53. The molecule has 5 nitrogen and oxygen atoms in total. The molecule has 1 amide bonds. The molecule has 20 heavy (non-hydrogen) atoms. The van der Waals surface area contributed by atoms with Gasteiger partial charge in [0.1, 0.15) is 0 Å². The maximum absolute atomic E-state index is 12.3.